The first kappa shape index (κ1) is 12.3. The zero-order valence-corrected chi connectivity index (χ0v) is 10.6. The molecule has 1 aromatic rings. The van der Waals surface area contributed by atoms with Gasteiger partial charge < -0.3 is 9.73 Å². The van der Waals surface area contributed by atoms with E-state index in [0.717, 1.165) is 18.2 Å². The van der Waals surface area contributed by atoms with Gasteiger partial charge in [0, 0.05) is 11.4 Å². The van der Waals surface area contributed by atoms with E-state index in [2.05, 4.69) is 21.2 Å². The van der Waals surface area contributed by atoms with Gasteiger partial charge in [-0.05, 0) is 32.8 Å². The topological polar surface area (TPSA) is 42.2 Å². The first-order chi connectivity index (χ1) is 7.15. The maximum absolute atomic E-state index is 11.7. The van der Waals surface area contributed by atoms with Gasteiger partial charge in [0.15, 0.2) is 0 Å². The van der Waals surface area contributed by atoms with E-state index in [1.165, 1.54) is 6.26 Å². The van der Waals surface area contributed by atoms with E-state index in [9.17, 15) is 4.79 Å². The summed E-state index contributed by atoms with van der Waals surface area (Å²) in [4.78, 5) is 11.7. The molecule has 4 heteroatoms. The van der Waals surface area contributed by atoms with Gasteiger partial charge >= 0.3 is 0 Å². The van der Waals surface area contributed by atoms with E-state index in [1.54, 1.807) is 13.0 Å². The molecular weight excluding hydrogens is 258 g/mol. The first-order valence-electron chi connectivity index (χ1n) is 5.06. The number of amides is 1. The van der Waals surface area contributed by atoms with Crippen molar-refractivity contribution < 1.29 is 9.21 Å². The molecule has 0 saturated carbocycles. The molecule has 0 aliphatic heterocycles. The van der Waals surface area contributed by atoms with E-state index >= 15 is 0 Å². The van der Waals surface area contributed by atoms with Gasteiger partial charge in [-0.3, -0.25) is 4.79 Å². The van der Waals surface area contributed by atoms with Gasteiger partial charge in [0.1, 0.15) is 5.76 Å². The Bertz CT molecular complexity index is 322. The second kappa shape index (κ2) is 5.95. The Labute approximate surface area is 98.4 Å². The number of furan rings is 1. The quantitative estimate of drug-likeness (QED) is 0.839. The molecular formula is C11H16BrNO2. The summed E-state index contributed by atoms with van der Waals surface area (Å²) in [5, 5.41) is 3.91. The number of nitrogens with one attached hydrogen (secondary N) is 1. The lowest BCUT2D eigenvalue weighted by molar-refractivity contribution is 0.0937. The fourth-order valence-corrected chi connectivity index (χ4v) is 1.70. The third-order valence-electron chi connectivity index (χ3n) is 2.25. The van der Waals surface area contributed by atoms with Crippen LogP contribution < -0.4 is 5.32 Å². The van der Waals surface area contributed by atoms with Crippen molar-refractivity contribution in [2.45, 2.75) is 32.7 Å². The summed E-state index contributed by atoms with van der Waals surface area (Å²) in [7, 11) is 0. The minimum absolute atomic E-state index is 0.0525. The predicted octanol–water partition coefficient (Wildman–Crippen LogP) is 2.88. The molecule has 1 unspecified atom stereocenters. The van der Waals surface area contributed by atoms with Gasteiger partial charge in [0.05, 0.1) is 11.8 Å². The summed E-state index contributed by atoms with van der Waals surface area (Å²) in [6, 6.07) is 1.89. The molecule has 84 valence electrons. The van der Waals surface area contributed by atoms with Crippen LogP contribution in [0.3, 0.4) is 0 Å². The molecule has 1 atom stereocenters. The van der Waals surface area contributed by atoms with Crippen molar-refractivity contribution in [2.75, 3.05) is 5.33 Å². The van der Waals surface area contributed by atoms with Crippen molar-refractivity contribution in [3.63, 3.8) is 0 Å². The zero-order chi connectivity index (χ0) is 11.3. The van der Waals surface area contributed by atoms with Crippen LogP contribution in [-0.4, -0.2) is 17.3 Å². The van der Waals surface area contributed by atoms with Gasteiger partial charge in [-0.2, -0.15) is 0 Å². The Hall–Kier alpha value is -0.770. The second-order valence-corrected chi connectivity index (χ2v) is 4.39. The summed E-state index contributed by atoms with van der Waals surface area (Å²) in [5.74, 6) is 0.614. The van der Waals surface area contributed by atoms with Crippen molar-refractivity contribution in [3.8, 4) is 0 Å². The third kappa shape index (κ3) is 3.70. The molecule has 1 aromatic heterocycles. The molecule has 0 bridgehead atoms. The average molecular weight is 274 g/mol. The molecule has 3 nitrogen and oxygen atoms in total. The lowest BCUT2D eigenvalue weighted by Gasteiger charge is -2.12. The number of carbonyl (C=O) groups excluding carboxylic acids is 1. The standard InChI is InChI=1S/C11H16BrNO2/c1-8(4-3-6-12)13-11(14)10-5-7-15-9(10)2/h5,7-8H,3-4,6H2,1-2H3,(H,13,14). The monoisotopic (exact) mass is 273 g/mol. The summed E-state index contributed by atoms with van der Waals surface area (Å²) in [6.07, 6.45) is 3.58. The van der Waals surface area contributed by atoms with Crippen LogP contribution in [0.1, 0.15) is 35.9 Å². The van der Waals surface area contributed by atoms with E-state index in [-0.39, 0.29) is 11.9 Å². The van der Waals surface area contributed by atoms with Crippen molar-refractivity contribution in [1.82, 2.24) is 5.32 Å². The minimum atomic E-state index is -0.0525. The molecule has 0 radical (unpaired) electrons. The molecule has 1 heterocycles. The number of hydrogen-bond acceptors (Lipinski definition) is 2. The Morgan fingerprint density at radius 1 is 1.67 bits per heavy atom. The van der Waals surface area contributed by atoms with Crippen LogP contribution in [0.4, 0.5) is 0 Å². The van der Waals surface area contributed by atoms with Crippen molar-refractivity contribution in [1.29, 1.82) is 0 Å². The predicted molar refractivity (Wildman–Crippen MR) is 63.4 cm³/mol. The van der Waals surface area contributed by atoms with E-state index in [1.807, 2.05) is 6.92 Å². The molecule has 1 rings (SSSR count). The Balaban J connectivity index is 2.46. The molecule has 0 spiro atoms. The number of hydrogen-bond donors (Lipinski definition) is 1. The highest BCUT2D eigenvalue weighted by Crippen LogP contribution is 2.09. The lowest BCUT2D eigenvalue weighted by Crippen LogP contribution is -2.32. The second-order valence-electron chi connectivity index (χ2n) is 3.60. The molecule has 1 amide bonds. The maximum atomic E-state index is 11.7. The van der Waals surface area contributed by atoms with Crippen LogP contribution in [0.15, 0.2) is 16.7 Å². The molecule has 15 heavy (non-hydrogen) atoms. The Kier molecular flexibility index (Phi) is 4.88. The number of carbonyl (C=O) groups is 1. The molecule has 0 aliphatic rings. The molecule has 0 saturated heterocycles. The van der Waals surface area contributed by atoms with Gasteiger partial charge in [0.25, 0.3) is 5.91 Å². The molecule has 1 N–H and O–H groups in total. The summed E-state index contributed by atoms with van der Waals surface area (Å²) >= 11 is 3.37. The highest BCUT2D eigenvalue weighted by atomic mass is 79.9. The van der Waals surface area contributed by atoms with Gasteiger partial charge in [0.2, 0.25) is 0 Å². The molecule has 0 aliphatic carbocycles. The zero-order valence-electron chi connectivity index (χ0n) is 9.05. The summed E-state index contributed by atoms with van der Waals surface area (Å²) < 4.78 is 5.08. The highest BCUT2D eigenvalue weighted by Gasteiger charge is 2.13. The van der Waals surface area contributed by atoms with Crippen molar-refractivity contribution >= 4 is 21.8 Å². The summed E-state index contributed by atoms with van der Waals surface area (Å²) in [5.41, 5.74) is 0.626. The van der Waals surface area contributed by atoms with Gasteiger partial charge in [-0.15, -0.1) is 0 Å². The highest BCUT2D eigenvalue weighted by molar-refractivity contribution is 9.09. The molecule has 0 fully saturated rings. The van der Waals surface area contributed by atoms with E-state index in [4.69, 9.17) is 4.42 Å². The van der Waals surface area contributed by atoms with E-state index in [0.29, 0.717) is 11.3 Å². The van der Waals surface area contributed by atoms with Crippen LogP contribution in [0.2, 0.25) is 0 Å². The lowest BCUT2D eigenvalue weighted by atomic mass is 10.1. The normalized spacial score (nSPS) is 12.5. The van der Waals surface area contributed by atoms with Crippen LogP contribution in [0.5, 0.6) is 0 Å². The van der Waals surface area contributed by atoms with Crippen molar-refractivity contribution in [3.05, 3.63) is 23.7 Å². The SMILES string of the molecule is Cc1occc1C(=O)NC(C)CCCBr. The number of rotatable bonds is 5. The van der Waals surface area contributed by atoms with Crippen LogP contribution >= 0.6 is 15.9 Å². The van der Waals surface area contributed by atoms with Crippen LogP contribution in [0, 0.1) is 6.92 Å². The fraction of sp³-hybridized carbons (Fsp3) is 0.545. The fourth-order valence-electron chi connectivity index (χ4n) is 1.38. The van der Waals surface area contributed by atoms with Gasteiger partial charge in [-0.1, -0.05) is 15.9 Å². The minimum Gasteiger partial charge on any atom is -0.469 e. The molecule has 0 aromatic carbocycles. The number of halogens is 1. The third-order valence-corrected chi connectivity index (χ3v) is 2.81. The average Bonchev–Trinajstić information content (AvgIpc) is 2.61. The Morgan fingerprint density at radius 3 is 2.93 bits per heavy atom. The van der Waals surface area contributed by atoms with Gasteiger partial charge in [-0.25, -0.2) is 0 Å². The van der Waals surface area contributed by atoms with E-state index < -0.39 is 0 Å². The number of aryl methyl sites for hydroxylation is 1. The largest absolute Gasteiger partial charge is 0.469 e. The summed E-state index contributed by atoms with van der Waals surface area (Å²) in [6.45, 7) is 3.80. The smallest absolute Gasteiger partial charge is 0.255 e. The van der Waals surface area contributed by atoms with Crippen LogP contribution in [0.25, 0.3) is 0 Å². The first-order valence-corrected chi connectivity index (χ1v) is 6.18. The number of alkyl halides is 1. The van der Waals surface area contributed by atoms with Crippen molar-refractivity contribution in [2.24, 2.45) is 0 Å². The maximum Gasteiger partial charge on any atom is 0.255 e. The van der Waals surface area contributed by atoms with Crippen LogP contribution in [-0.2, 0) is 0 Å². The Morgan fingerprint density at radius 2 is 2.40 bits per heavy atom.